The number of hydrogen-bond acceptors (Lipinski definition) is 3. The Morgan fingerprint density at radius 2 is 1.64 bits per heavy atom. The van der Waals surface area contributed by atoms with Gasteiger partial charge in [-0.2, -0.15) is 0 Å². The molecule has 0 aliphatic carbocycles. The summed E-state index contributed by atoms with van der Waals surface area (Å²) < 4.78 is 5.95. The molecule has 2 aromatic carbocycles. The number of rotatable bonds is 5. The number of aliphatic hydroxyl groups is 1. The van der Waals surface area contributed by atoms with E-state index in [0.29, 0.717) is 6.61 Å². The lowest BCUT2D eigenvalue weighted by Gasteiger charge is -2.19. The summed E-state index contributed by atoms with van der Waals surface area (Å²) in [4.78, 5) is 0. The molecular weight excluding hydrogens is 298 g/mol. The highest BCUT2D eigenvalue weighted by molar-refractivity contribution is 5.85. The summed E-state index contributed by atoms with van der Waals surface area (Å²) in [7, 11) is 0. The second-order valence-corrected chi connectivity index (χ2v) is 5.52. The molecule has 120 valence electrons. The lowest BCUT2D eigenvalue weighted by Crippen LogP contribution is -2.23. The maximum Gasteiger partial charge on any atom is 0.125 e. The molecule has 0 saturated carbocycles. The van der Waals surface area contributed by atoms with Crippen molar-refractivity contribution in [3.8, 4) is 5.75 Å². The Morgan fingerprint density at radius 3 is 2.14 bits per heavy atom. The Labute approximate surface area is 138 Å². The van der Waals surface area contributed by atoms with Crippen LogP contribution in [0.25, 0.3) is 0 Å². The van der Waals surface area contributed by atoms with Gasteiger partial charge in [-0.05, 0) is 43.0 Å². The first-order valence-corrected chi connectivity index (χ1v) is 7.20. The standard InChI is InChI=1S/C18H23NO2.ClH/c1-12-9-16(17(19)14(3)20)10-13(2)18(12)21-11-15-7-5-4-6-8-15;/h4-10,14,17,20H,11,19H2,1-3H3;1H/t14-,17-;/m1./s1. The van der Waals surface area contributed by atoms with Gasteiger partial charge >= 0.3 is 0 Å². The molecular formula is C18H24ClNO2. The Bertz CT molecular complexity index is 576. The van der Waals surface area contributed by atoms with Crippen LogP contribution in [0, 0.1) is 13.8 Å². The molecule has 0 heterocycles. The summed E-state index contributed by atoms with van der Waals surface area (Å²) in [6.07, 6.45) is -0.570. The van der Waals surface area contributed by atoms with E-state index in [-0.39, 0.29) is 18.4 Å². The van der Waals surface area contributed by atoms with E-state index in [9.17, 15) is 5.11 Å². The third-order valence-electron chi connectivity index (χ3n) is 3.61. The van der Waals surface area contributed by atoms with E-state index in [4.69, 9.17) is 10.5 Å². The van der Waals surface area contributed by atoms with Crippen molar-refractivity contribution >= 4 is 12.4 Å². The zero-order valence-electron chi connectivity index (χ0n) is 13.2. The zero-order valence-corrected chi connectivity index (χ0v) is 14.1. The van der Waals surface area contributed by atoms with Gasteiger partial charge in [0, 0.05) is 0 Å². The van der Waals surface area contributed by atoms with Gasteiger partial charge in [0.2, 0.25) is 0 Å². The first-order chi connectivity index (χ1) is 9.99. The number of aryl methyl sites for hydroxylation is 2. The largest absolute Gasteiger partial charge is 0.488 e. The molecule has 22 heavy (non-hydrogen) atoms. The summed E-state index contributed by atoms with van der Waals surface area (Å²) in [6.45, 7) is 6.26. The van der Waals surface area contributed by atoms with Crippen molar-refractivity contribution in [2.24, 2.45) is 5.73 Å². The number of halogens is 1. The maximum atomic E-state index is 9.62. The molecule has 2 aromatic rings. The van der Waals surface area contributed by atoms with Gasteiger partial charge in [0.05, 0.1) is 12.1 Å². The fraction of sp³-hybridized carbons (Fsp3) is 0.333. The molecule has 0 bridgehead atoms. The molecule has 0 unspecified atom stereocenters. The predicted octanol–water partition coefficient (Wildman–Crippen LogP) is 3.68. The van der Waals surface area contributed by atoms with Gasteiger partial charge in [0.1, 0.15) is 12.4 Å². The molecule has 0 radical (unpaired) electrons. The number of ether oxygens (including phenoxy) is 1. The van der Waals surface area contributed by atoms with E-state index in [2.05, 4.69) is 0 Å². The number of benzene rings is 2. The monoisotopic (exact) mass is 321 g/mol. The smallest absolute Gasteiger partial charge is 0.125 e. The fourth-order valence-electron chi connectivity index (χ4n) is 2.41. The summed E-state index contributed by atoms with van der Waals surface area (Å²) in [5, 5.41) is 9.62. The first-order valence-electron chi connectivity index (χ1n) is 7.20. The van der Waals surface area contributed by atoms with Gasteiger partial charge in [-0.25, -0.2) is 0 Å². The molecule has 2 atom stereocenters. The SMILES string of the molecule is Cc1cc([C@H](N)[C@@H](C)O)cc(C)c1OCc1ccccc1.Cl. The molecule has 0 fully saturated rings. The first kappa shape index (κ1) is 18.5. The van der Waals surface area contributed by atoms with Crippen molar-refractivity contribution < 1.29 is 9.84 Å². The van der Waals surface area contributed by atoms with Gasteiger partial charge < -0.3 is 15.6 Å². The Balaban J connectivity index is 0.00000242. The normalized spacial score (nSPS) is 13.1. The second kappa shape index (κ2) is 8.18. The van der Waals surface area contributed by atoms with Crippen molar-refractivity contribution in [2.75, 3.05) is 0 Å². The van der Waals surface area contributed by atoms with Crippen LogP contribution in [-0.2, 0) is 6.61 Å². The quantitative estimate of drug-likeness (QED) is 0.883. The van der Waals surface area contributed by atoms with Crippen molar-refractivity contribution in [2.45, 2.75) is 39.5 Å². The van der Waals surface area contributed by atoms with E-state index in [1.54, 1.807) is 6.92 Å². The summed E-state index contributed by atoms with van der Waals surface area (Å²) in [5.74, 6) is 0.889. The minimum atomic E-state index is -0.570. The van der Waals surface area contributed by atoms with Crippen LogP contribution >= 0.6 is 12.4 Å². The molecule has 3 nitrogen and oxygen atoms in total. The van der Waals surface area contributed by atoms with Crippen LogP contribution in [0.5, 0.6) is 5.75 Å². The molecule has 0 saturated heterocycles. The second-order valence-electron chi connectivity index (χ2n) is 5.52. The molecule has 0 spiro atoms. The van der Waals surface area contributed by atoms with E-state index in [1.165, 1.54) is 0 Å². The summed E-state index contributed by atoms with van der Waals surface area (Å²) in [6, 6.07) is 13.7. The van der Waals surface area contributed by atoms with Gasteiger partial charge in [0.25, 0.3) is 0 Å². The van der Waals surface area contributed by atoms with Crippen LogP contribution < -0.4 is 10.5 Å². The average Bonchev–Trinajstić information content (AvgIpc) is 2.46. The molecule has 0 aliphatic heterocycles. The molecule has 0 aliphatic rings. The van der Waals surface area contributed by atoms with Crippen LogP contribution in [0.3, 0.4) is 0 Å². The van der Waals surface area contributed by atoms with E-state index in [1.807, 2.05) is 56.3 Å². The highest BCUT2D eigenvalue weighted by Gasteiger charge is 2.15. The van der Waals surface area contributed by atoms with Gasteiger partial charge in [-0.15, -0.1) is 12.4 Å². The number of nitrogens with two attached hydrogens (primary N) is 1. The van der Waals surface area contributed by atoms with Crippen LogP contribution in [-0.4, -0.2) is 11.2 Å². The Morgan fingerprint density at radius 1 is 1.09 bits per heavy atom. The third-order valence-corrected chi connectivity index (χ3v) is 3.61. The van der Waals surface area contributed by atoms with Crippen LogP contribution in [0.4, 0.5) is 0 Å². The lowest BCUT2D eigenvalue weighted by atomic mass is 9.98. The van der Waals surface area contributed by atoms with Crippen molar-refractivity contribution in [1.82, 2.24) is 0 Å². The average molecular weight is 322 g/mol. The van der Waals surface area contributed by atoms with Crippen LogP contribution in [0.2, 0.25) is 0 Å². The minimum Gasteiger partial charge on any atom is -0.488 e. The lowest BCUT2D eigenvalue weighted by molar-refractivity contribution is 0.164. The summed E-state index contributed by atoms with van der Waals surface area (Å²) >= 11 is 0. The van der Waals surface area contributed by atoms with E-state index < -0.39 is 6.10 Å². The molecule has 0 amide bonds. The van der Waals surface area contributed by atoms with Gasteiger partial charge in [-0.3, -0.25) is 0 Å². The Hall–Kier alpha value is -1.55. The maximum absolute atomic E-state index is 9.62. The van der Waals surface area contributed by atoms with Crippen molar-refractivity contribution in [1.29, 1.82) is 0 Å². The third kappa shape index (κ3) is 4.47. The fourth-order valence-corrected chi connectivity index (χ4v) is 2.41. The highest BCUT2D eigenvalue weighted by Crippen LogP contribution is 2.28. The number of hydrogen-bond donors (Lipinski definition) is 2. The van der Waals surface area contributed by atoms with Gasteiger partial charge in [0.15, 0.2) is 0 Å². The summed E-state index contributed by atoms with van der Waals surface area (Å²) in [5.41, 5.74) is 10.2. The minimum absolute atomic E-state index is 0. The molecule has 4 heteroatoms. The van der Waals surface area contributed by atoms with Crippen LogP contribution in [0.15, 0.2) is 42.5 Å². The topological polar surface area (TPSA) is 55.5 Å². The van der Waals surface area contributed by atoms with Crippen molar-refractivity contribution in [3.63, 3.8) is 0 Å². The zero-order chi connectivity index (χ0) is 15.4. The molecule has 0 aromatic heterocycles. The van der Waals surface area contributed by atoms with Gasteiger partial charge in [-0.1, -0.05) is 42.5 Å². The van der Waals surface area contributed by atoms with Crippen LogP contribution in [0.1, 0.15) is 35.2 Å². The molecule has 3 N–H and O–H groups in total. The highest BCUT2D eigenvalue weighted by atomic mass is 35.5. The molecule has 2 rings (SSSR count). The predicted molar refractivity (Wildman–Crippen MR) is 92.5 cm³/mol. The van der Waals surface area contributed by atoms with Crippen molar-refractivity contribution in [3.05, 3.63) is 64.7 Å². The van der Waals surface area contributed by atoms with E-state index >= 15 is 0 Å². The Kier molecular flexibility index (Phi) is 6.88. The van der Waals surface area contributed by atoms with E-state index in [0.717, 1.165) is 28.0 Å². The number of aliphatic hydroxyl groups excluding tert-OH is 1.